The molecule has 98 valence electrons. The summed E-state index contributed by atoms with van der Waals surface area (Å²) in [5.74, 6) is -0.158. The Morgan fingerprint density at radius 3 is 2.41 bits per heavy atom. The van der Waals surface area contributed by atoms with Crippen LogP contribution in [-0.2, 0) is 14.4 Å². The number of oxime groups is 1. The normalized spacial score (nSPS) is 19.2. The molecular formula is C8H13ClN2O5S. The molecule has 0 unspecified atom stereocenters. The zero-order valence-corrected chi connectivity index (χ0v) is 10.7. The van der Waals surface area contributed by atoms with Crippen molar-refractivity contribution in [2.24, 2.45) is 11.1 Å². The highest BCUT2D eigenvalue weighted by molar-refractivity contribution is 7.85. The van der Waals surface area contributed by atoms with E-state index in [1.807, 2.05) is 0 Å². The van der Waals surface area contributed by atoms with Gasteiger partial charge >= 0.3 is 16.2 Å². The molecule has 7 nitrogen and oxygen atoms in total. The third-order valence-electron chi connectivity index (χ3n) is 2.36. The van der Waals surface area contributed by atoms with Crippen molar-refractivity contribution in [2.75, 3.05) is 19.3 Å². The fourth-order valence-corrected chi connectivity index (χ4v) is 2.00. The lowest BCUT2D eigenvalue weighted by Crippen LogP contribution is -2.38. The van der Waals surface area contributed by atoms with Gasteiger partial charge in [-0.15, -0.1) is 0 Å². The highest BCUT2D eigenvalue weighted by Crippen LogP contribution is 2.21. The lowest BCUT2D eigenvalue weighted by molar-refractivity contribution is 0.131. The van der Waals surface area contributed by atoms with E-state index in [-0.39, 0.29) is 11.1 Å². The first-order valence-corrected chi connectivity index (χ1v) is 7.09. The van der Waals surface area contributed by atoms with Gasteiger partial charge in [-0.2, -0.15) is 8.42 Å². The van der Waals surface area contributed by atoms with Crippen molar-refractivity contribution in [1.82, 2.24) is 4.90 Å². The number of likely N-dealkylation sites (tertiary alicyclic amines) is 1. The number of carboxylic acid groups (broad SMARTS) is 1. The van der Waals surface area contributed by atoms with Crippen LogP contribution >= 0.6 is 11.6 Å². The van der Waals surface area contributed by atoms with Crippen LogP contribution in [0.25, 0.3) is 0 Å². The first-order chi connectivity index (χ1) is 7.79. The summed E-state index contributed by atoms with van der Waals surface area (Å²) in [6.07, 6.45) is 0.904. The largest absolute Gasteiger partial charge is 0.465 e. The zero-order valence-electron chi connectivity index (χ0n) is 9.17. The van der Waals surface area contributed by atoms with E-state index >= 15 is 0 Å². The maximum absolute atomic E-state index is 10.7. The van der Waals surface area contributed by atoms with Gasteiger partial charge < -0.3 is 10.0 Å². The average molecular weight is 285 g/mol. The molecule has 1 rings (SSSR count). The minimum absolute atomic E-state index is 0.0560. The quantitative estimate of drug-likeness (QED) is 0.614. The number of amides is 1. The fraction of sp³-hybridized carbons (Fsp3) is 0.750. The van der Waals surface area contributed by atoms with E-state index in [0.29, 0.717) is 25.9 Å². The van der Waals surface area contributed by atoms with E-state index in [9.17, 15) is 13.2 Å². The van der Waals surface area contributed by atoms with Gasteiger partial charge in [0, 0.05) is 19.0 Å². The van der Waals surface area contributed by atoms with E-state index in [2.05, 4.69) is 9.44 Å². The summed E-state index contributed by atoms with van der Waals surface area (Å²) in [4.78, 5) is 11.9. The molecule has 17 heavy (non-hydrogen) atoms. The topological polar surface area (TPSA) is 96.3 Å². The summed E-state index contributed by atoms with van der Waals surface area (Å²) in [5, 5.41) is 12.1. The monoisotopic (exact) mass is 284 g/mol. The first-order valence-electron chi connectivity index (χ1n) is 4.89. The lowest BCUT2D eigenvalue weighted by Gasteiger charge is -2.28. The summed E-state index contributed by atoms with van der Waals surface area (Å²) in [7, 11) is -3.66. The first kappa shape index (κ1) is 14.0. The Balaban J connectivity index is 2.51. The number of rotatable bonds is 3. The highest BCUT2D eigenvalue weighted by Gasteiger charge is 2.25. The van der Waals surface area contributed by atoms with Gasteiger partial charge in [0.1, 0.15) is 5.17 Å². The predicted octanol–water partition coefficient (Wildman–Crippen LogP) is 0.905. The molecule has 0 atom stereocenters. The van der Waals surface area contributed by atoms with Gasteiger partial charge in [0.2, 0.25) is 0 Å². The van der Waals surface area contributed by atoms with Gasteiger partial charge in [0.25, 0.3) is 0 Å². The van der Waals surface area contributed by atoms with Crippen molar-refractivity contribution in [3.8, 4) is 0 Å². The predicted molar refractivity (Wildman–Crippen MR) is 61.5 cm³/mol. The second-order valence-electron chi connectivity index (χ2n) is 3.74. The van der Waals surface area contributed by atoms with Crippen LogP contribution in [0.2, 0.25) is 0 Å². The van der Waals surface area contributed by atoms with Gasteiger partial charge in [0.15, 0.2) is 0 Å². The number of piperidine rings is 1. The molecule has 0 saturated carbocycles. The molecule has 0 bridgehead atoms. The second kappa shape index (κ2) is 5.54. The molecule has 0 aromatic carbocycles. The van der Waals surface area contributed by atoms with Gasteiger partial charge in [-0.3, -0.25) is 4.28 Å². The Kier molecular flexibility index (Phi) is 4.58. The molecule has 1 fully saturated rings. The highest BCUT2D eigenvalue weighted by atomic mass is 35.5. The molecule has 0 aromatic rings. The van der Waals surface area contributed by atoms with E-state index < -0.39 is 16.2 Å². The molecule has 0 aromatic heterocycles. The van der Waals surface area contributed by atoms with Crippen molar-refractivity contribution in [2.45, 2.75) is 12.8 Å². The molecule has 1 amide bonds. The van der Waals surface area contributed by atoms with Crippen LogP contribution < -0.4 is 0 Å². The number of carbonyl (C=O) groups is 1. The molecule has 0 spiro atoms. The minimum atomic E-state index is -3.66. The van der Waals surface area contributed by atoms with Crippen molar-refractivity contribution < 1.29 is 22.6 Å². The number of hydrogen-bond donors (Lipinski definition) is 1. The number of halogens is 1. The van der Waals surface area contributed by atoms with E-state index in [0.717, 1.165) is 6.26 Å². The second-order valence-corrected chi connectivity index (χ2v) is 5.68. The Bertz CT molecular complexity index is 414. The Hall–Kier alpha value is -1.02. The Morgan fingerprint density at radius 2 is 2.00 bits per heavy atom. The van der Waals surface area contributed by atoms with Crippen LogP contribution in [0.15, 0.2) is 5.16 Å². The van der Waals surface area contributed by atoms with Crippen LogP contribution in [0.5, 0.6) is 0 Å². The number of nitrogens with zero attached hydrogens (tertiary/aromatic N) is 2. The smallest absolute Gasteiger partial charge is 0.407 e. The summed E-state index contributed by atoms with van der Waals surface area (Å²) >= 11 is 5.79. The van der Waals surface area contributed by atoms with Crippen molar-refractivity contribution in [3.63, 3.8) is 0 Å². The van der Waals surface area contributed by atoms with Crippen LogP contribution in [0.1, 0.15) is 12.8 Å². The third kappa shape index (κ3) is 4.78. The van der Waals surface area contributed by atoms with Gasteiger partial charge in [0.05, 0.1) is 6.26 Å². The SMILES string of the molecule is CS(=O)(=O)ON=C(Cl)C1CCN(C(=O)O)CC1. The molecule has 1 saturated heterocycles. The fourth-order valence-electron chi connectivity index (χ4n) is 1.49. The summed E-state index contributed by atoms with van der Waals surface area (Å²) in [5.41, 5.74) is 0. The summed E-state index contributed by atoms with van der Waals surface area (Å²) in [6, 6.07) is 0. The third-order valence-corrected chi connectivity index (χ3v) is 3.09. The maximum Gasteiger partial charge on any atom is 0.407 e. The van der Waals surface area contributed by atoms with Crippen molar-refractivity contribution in [3.05, 3.63) is 0 Å². The molecular weight excluding hydrogens is 272 g/mol. The minimum Gasteiger partial charge on any atom is -0.465 e. The summed E-state index contributed by atoms with van der Waals surface area (Å²) < 4.78 is 25.6. The molecule has 1 heterocycles. The van der Waals surface area contributed by atoms with Crippen LogP contribution in [0, 0.1) is 5.92 Å². The molecule has 0 radical (unpaired) electrons. The lowest BCUT2D eigenvalue weighted by atomic mass is 9.98. The molecule has 1 aliphatic rings. The van der Waals surface area contributed by atoms with Crippen LogP contribution in [-0.4, -0.2) is 49.0 Å². The van der Waals surface area contributed by atoms with Crippen LogP contribution in [0.4, 0.5) is 4.79 Å². The van der Waals surface area contributed by atoms with E-state index in [1.54, 1.807) is 0 Å². The molecule has 0 aliphatic carbocycles. The van der Waals surface area contributed by atoms with E-state index in [4.69, 9.17) is 16.7 Å². The summed E-state index contributed by atoms with van der Waals surface area (Å²) in [6.45, 7) is 0.704. The van der Waals surface area contributed by atoms with E-state index in [1.165, 1.54) is 4.90 Å². The van der Waals surface area contributed by atoms with Gasteiger partial charge in [-0.1, -0.05) is 16.8 Å². The molecule has 1 aliphatic heterocycles. The number of hydrogen-bond acceptors (Lipinski definition) is 5. The maximum atomic E-state index is 10.7. The van der Waals surface area contributed by atoms with Gasteiger partial charge in [-0.25, -0.2) is 4.79 Å². The van der Waals surface area contributed by atoms with Crippen molar-refractivity contribution >= 4 is 33.0 Å². The van der Waals surface area contributed by atoms with Gasteiger partial charge in [-0.05, 0) is 12.8 Å². The van der Waals surface area contributed by atoms with Crippen LogP contribution in [0.3, 0.4) is 0 Å². The molecule has 9 heteroatoms. The Labute approximate surface area is 104 Å². The van der Waals surface area contributed by atoms with Crippen molar-refractivity contribution in [1.29, 1.82) is 0 Å². The Morgan fingerprint density at radius 1 is 1.47 bits per heavy atom. The zero-order chi connectivity index (χ0) is 13.1. The molecule has 1 N–H and O–H groups in total. The standard InChI is InChI=1S/C8H13ClN2O5S/c1-17(14,15)16-10-7(9)6-2-4-11(5-3-6)8(12)13/h6H,2-5H2,1H3,(H,12,13). The average Bonchev–Trinajstić information content (AvgIpc) is 2.25.